The van der Waals surface area contributed by atoms with E-state index in [2.05, 4.69) is 5.32 Å². The Labute approximate surface area is 200 Å². The van der Waals surface area contributed by atoms with Gasteiger partial charge in [0.25, 0.3) is 0 Å². The minimum atomic E-state index is -4.94. The molecule has 10 heteroatoms. The Balaban J connectivity index is 1.89. The molecule has 1 saturated heterocycles. The molecule has 1 heterocycles. The van der Waals surface area contributed by atoms with Crippen LogP contribution in [-0.4, -0.2) is 29.4 Å². The highest BCUT2D eigenvalue weighted by Crippen LogP contribution is 2.40. The van der Waals surface area contributed by atoms with Crippen LogP contribution in [0.15, 0.2) is 48.5 Å². The van der Waals surface area contributed by atoms with Crippen molar-refractivity contribution < 1.29 is 36.2 Å². The molecule has 3 atom stereocenters. The fourth-order valence-corrected chi connectivity index (χ4v) is 4.25. The van der Waals surface area contributed by atoms with Crippen molar-refractivity contribution in [3.8, 4) is 0 Å². The van der Waals surface area contributed by atoms with Crippen molar-refractivity contribution in [3.05, 3.63) is 70.8 Å². The van der Waals surface area contributed by atoms with E-state index < -0.39 is 46.3 Å². The zero-order chi connectivity index (χ0) is 26.3. The van der Waals surface area contributed by atoms with Crippen molar-refractivity contribution in [3.63, 3.8) is 0 Å². The van der Waals surface area contributed by atoms with Gasteiger partial charge in [-0.05, 0) is 62.9 Å². The number of rotatable bonds is 6. The zero-order valence-electron chi connectivity index (χ0n) is 19.7. The molecule has 4 N–H and O–H groups in total. The summed E-state index contributed by atoms with van der Waals surface area (Å²) in [5.74, 6) is 0. The van der Waals surface area contributed by atoms with Crippen LogP contribution in [0.2, 0.25) is 0 Å². The number of hydrogen-bond acceptors (Lipinski definition) is 4. The molecule has 194 valence electrons. The van der Waals surface area contributed by atoms with Crippen LogP contribution in [0.1, 0.15) is 62.0 Å². The van der Waals surface area contributed by atoms with Gasteiger partial charge >= 0.3 is 12.4 Å². The second-order valence-corrected chi connectivity index (χ2v) is 9.81. The van der Waals surface area contributed by atoms with Crippen molar-refractivity contribution in [2.75, 3.05) is 13.2 Å². The van der Waals surface area contributed by atoms with Crippen molar-refractivity contribution in [2.45, 2.75) is 68.7 Å². The smallest absolute Gasteiger partial charge is 0.389 e. The van der Waals surface area contributed by atoms with Crippen LogP contribution in [0.3, 0.4) is 0 Å². The molecule has 0 aromatic heterocycles. The maximum absolute atomic E-state index is 13.3. The Morgan fingerprint density at radius 2 is 1.51 bits per heavy atom. The Morgan fingerprint density at radius 1 is 0.971 bits per heavy atom. The van der Waals surface area contributed by atoms with E-state index >= 15 is 0 Å². The van der Waals surface area contributed by atoms with Gasteiger partial charge in [0.05, 0.1) is 40.5 Å². The quantitative estimate of drug-likeness (QED) is 0.452. The van der Waals surface area contributed by atoms with Gasteiger partial charge in [-0.2, -0.15) is 26.3 Å². The van der Waals surface area contributed by atoms with Gasteiger partial charge in [0.15, 0.2) is 0 Å². The molecule has 0 radical (unpaired) electrons. The van der Waals surface area contributed by atoms with Crippen LogP contribution in [0.5, 0.6) is 0 Å². The number of nitrogens with two attached hydrogens (primary N) is 1. The second kappa shape index (κ2) is 9.38. The SMILES string of the molecule is CC(OC[C@@]1(c2ccccc2)CC[C@](N)(C(C)(C)O)CN1)c1cc(C(F)(F)F)cc(C(F)(F)F)c1. The largest absolute Gasteiger partial charge is 0.416 e. The summed E-state index contributed by atoms with van der Waals surface area (Å²) in [5.41, 5.74) is 1.37. The lowest BCUT2D eigenvalue weighted by Gasteiger charge is -2.50. The molecule has 0 amide bonds. The first-order valence-electron chi connectivity index (χ1n) is 11.2. The number of nitrogens with one attached hydrogen (secondary N) is 1. The molecule has 4 nitrogen and oxygen atoms in total. The number of ether oxygens (including phenoxy) is 1. The van der Waals surface area contributed by atoms with Crippen LogP contribution in [0, 0.1) is 0 Å². The van der Waals surface area contributed by atoms with Gasteiger partial charge in [-0.25, -0.2) is 0 Å². The first-order valence-corrected chi connectivity index (χ1v) is 11.2. The summed E-state index contributed by atoms with van der Waals surface area (Å²) in [5, 5.41) is 13.9. The first-order chi connectivity index (χ1) is 16.0. The van der Waals surface area contributed by atoms with Gasteiger partial charge in [-0.3, -0.25) is 0 Å². The fraction of sp³-hybridized carbons (Fsp3) is 0.520. The van der Waals surface area contributed by atoms with Crippen molar-refractivity contribution in [1.82, 2.24) is 5.32 Å². The highest BCUT2D eigenvalue weighted by molar-refractivity contribution is 5.35. The molecular formula is C25H30F6N2O2. The topological polar surface area (TPSA) is 67.5 Å². The van der Waals surface area contributed by atoms with Crippen LogP contribution >= 0.6 is 0 Å². The molecular weight excluding hydrogens is 474 g/mol. The average molecular weight is 505 g/mol. The number of aliphatic hydroxyl groups is 1. The second-order valence-electron chi connectivity index (χ2n) is 9.81. The number of benzene rings is 2. The first kappa shape index (κ1) is 27.4. The van der Waals surface area contributed by atoms with E-state index in [1.165, 1.54) is 6.92 Å². The maximum Gasteiger partial charge on any atom is 0.416 e. The predicted octanol–water partition coefficient (Wildman–Crippen LogP) is 5.55. The normalized spacial score (nSPS) is 24.9. The number of halogens is 6. The van der Waals surface area contributed by atoms with E-state index in [1.807, 2.05) is 30.3 Å². The molecule has 0 saturated carbocycles. The fourth-order valence-electron chi connectivity index (χ4n) is 4.25. The monoisotopic (exact) mass is 504 g/mol. The molecule has 3 rings (SSSR count). The molecule has 1 aliphatic rings. The average Bonchev–Trinajstić information content (AvgIpc) is 2.77. The molecule has 0 bridgehead atoms. The van der Waals surface area contributed by atoms with Crippen LogP contribution in [0.25, 0.3) is 0 Å². The van der Waals surface area contributed by atoms with E-state index in [9.17, 15) is 31.4 Å². The molecule has 1 unspecified atom stereocenters. The van der Waals surface area contributed by atoms with Crippen LogP contribution < -0.4 is 11.1 Å². The van der Waals surface area contributed by atoms with Crippen LogP contribution in [0.4, 0.5) is 26.3 Å². The van der Waals surface area contributed by atoms with Crippen molar-refractivity contribution in [1.29, 1.82) is 0 Å². The highest BCUT2D eigenvalue weighted by atomic mass is 19.4. The lowest BCUT2D eigenvalue weighted by molar-refractivity contribution is -0.143. The summed E-state index contributed by atoms with van der Waals surface area (Å²) in [6, 6.07) is 10.7. The summed E-state index contributed by atoms with van der Waals surface area (Å²) in [7, 11) is 0. The van der Waals surface area contributed by atoms with Gasteiger partial charge in [0.1, 0.15) is 0 Å². The minimum Gasteiger partial charge on any atom is -0.389 e. The van der Waals surface area contributed by atoms with Gasteiger partial charge in [-0.15, -0.1) is 0 Å². The van der Waals surface area contributed by atoms with E-state index in [1.54, 1.807) is 13.8 Å². The maximum atomic E-state index is 13.3. The van der Waals surface area contributed by atoms with Crippen LogP contribution in [-0.2, 0) is 22.6 Å². The Morgan fingerprint density at radius 3 is 1.94 bits per heavy atom. The van der Waals surface area contributed by atoms with Gasteiger partial charge in [0, 0.05) is 6.54 Å². The molecule has 35 heavy (non-hydrogen) atoms. The summed E-state index contributed by atoms with van der Waals surface area (Å²) in [6.07, 6.45) is -10.1. The Kier molecular flexibility index (Phi) is 7.36. The molecule has 0 spiro atoms. The van der Waals surface area contributed by atoms with Gasteiger partial charge < -0.3 is 20.9 Å². The Hall–Kier alpha value is -2.14. The van der Waals surface area contributed by atoms with E-state index in [4.69, 9.17) is 10.5 Å². The van der Waals surface area contributed by atoms with E-state index in [-0.39, 0.29) is 24.8 Å². The summed E-state index contributed by atoms with van der Waals surface area (Å²) in [4.78, 5) is 0. The lowest BCUT2D eigenvalue weighted by Crippen LogP contribution is -2.69. The number of piperidine rings is 1. The van der Waals surface area contributed by atoms with Crippen molar-refractivity contribution in [2.24, 2.45) is 5.73 Å². The number of hydrogen-bond donors (Lipinski definition) is 3. The van der Waals surface area contributed by atoms with E-state index in [0.29, 0.717) is 25.0 Å². The van der Waals surface area contributed by atoms with E-state index in [0.717, 1.165) is 5.56 Å². The third-order valence-corrected chi connectivity index (χ3v) is 6.94. The Bertz CT molecular complexity index is 975. The minimum absolute atomic E-state index is 0.0300. The number of alkyl halides is 6. The molecule has 2 aromatic carbocycles. The summed E-state index contributed by atoms with van der Waals surface area (Å²) in [6.45, 7) is 4.85. The highest BCUT2D eigenvalue weighted by Gasteiger charge is 2.48. The van der Waals surface area contributed by atoms with Gasteiger partial charge in [0.2, 0.25) is 0 Å². The lowest BCUT2D eigenvalue weighted by atomic mass is 9.71. The standard InChI is InChI=1S/C25H30F6N2O2/c1-16(17-11-19(24(26,27)28)13-20(12-17)25(29,30)31)35-15-22(18-7-5-4-6-8-18)9-10-23(32,14-33-22)21(2,3)34/h4-8,11-13,16,33-34H,9-10,14-15,32H2,1-3H3/t16?,22-,23-/m1/s1. The predicted molar refractivity (Wildman–Crippen MR) is 119 cm³/mol. The third kappa shape index (κ3) is 5.99. The molecule has 1 fully saturated rings. The summed E-state index contributed by atoms with van der Waals surface area (Å²) >= 11 is 0. The van der Waals surface area contributed by atoms with Crippen molar-refractivity contribution >= 4 is 0 Å². The third-order valence-electron chi connectivity index (χ3n) is 6.94. The van der Waals surface area contributed by atoms with Gasteiger partial charge in [-0.1, -0.05) is 30.3 Å². The summed E-state index contributed by atoms with van der Waals surface area (Å²) < 4.78 is 85.6. The zero-order valence-corrected chi connectivity index (χ0v) is 19.7. The molecule has 2 aromatic rings. The molecule has 1 aliphatic heterocycles. The molecule has 0 aliphatic carbocycles.